The van der Waals surface area contributed by atoms with Crippen LogP contribution < -0.4 is 5.30 Å². The molecule has 0 aliphatic carbocycles. The van der Waals surface area contributed by atoms with Crippen molar-refractivity contribution in [2.75, 3.05) is 0 Å². The quantitative estimate of drug-likeness (QED) is 0.579. The van der Waals surface area contributed by atoms with Crippen LogP contribution in [0.4, 0.5) is 0 Å². The third-order valence-corrected chi connectivity index (χ3v) is 10.4. The van der Waals surface area contributed by atoms with E-state index < -0.39 is 18.3 Å². The Morgan fingerprint density at radius 3 is 2.00 bits per heavy atom. The Hall–Kier alpha value is -2.64. The molecule has 0 unspecified atom stereocenters. The van der Waals surface area contributed by atoms with Gasteiger partial charge in [-0.2, -0.15) is 0 Å². The molecule has 142 valence electrons. The number of carbonyl (C=O) groups is 1. The van der Waals surface area contributed by atoms with Crippen LogP contribution >= 0.6 is 7.14 Å². The van der Waals surface area contributed by atoms with Gasteiger partial charge >= 0.3 is 5.97 Å². The lowest BCUT2D eigenvalue weighted by Crippen LogP contribution is -2.31. The lowest BCUT2D eigenvalue weighted by atomic mass is 9.89. The summed E-state index contributed by atoms with van der Waals surface area (Å²) in [7, 11) is -3.15. The summed E-state index contributed by atoms with van der Waals surface area (Å²) in [6, 6.07) is 29.0. The number of rotatable bonds is 5. The van der Waals surface area contributed by atoms with E-state index >= 15 is 4.57 Å². The highest BCUT2D eigenvalue weighted by atomic mass is 31.2. The first-order chi connectivity index (χ1) is 13.6. The van der Waals surface area contributed by atoms with Crippen LogP contribution in [0.2, 0.25) is 0 Å². The summed E-state index contributed by atoms with van der Waals surface area (Å²) in [5.74, 6) is -0.909. The van der Waals surface area contributed by atoms with Crippen LogP contribution in [-0.4, -0.2) is 11.1 Å². The van der Waals surface area contributed by atoms with Gasteiger partial charge in [-0.1, -0.05) is 91.0 Å². The molecular weight excluding hydrogens is 367 g/mol. The van der Waals surface area contributed by atoms with E-state index in [9.17, 15) is 9.90 Å². The molecule has 3 atom stereocenters. The summed E-state index contributed by atoms with van der Waals surface area (Å²) in [5, 5.41) is 9.68. The molecule has 0 bridgehead atoms. The summed E-state index contributed by atoms with van der Waals surface area (Å²) >= 11 is 0. The number of benzene rings is 3. The molecule has 1 aliphatic rings. The van der Waals surface area contributed by atoms with Crippen molar-refractivity contribution >= 4 is 18.4 Å². The van der Waals surface area contributed by atoms with Crippen molar-refractivity contribution < 1.29 is 14.5 Å². The first-order valence-corrected chi connectivity index (χ1v) is 11.3. The topological polar surface area (TPSA) is 54.4 Å². The van der Waals surface area contributed by atoms with Crippen molar-refractivity contribution in [2.24, 2.45) is 0 Å². The van der Waals surface area contributed by atoms with E-state index in [1.165, 1.54) is 0 Å². The largest absolute Gasteiger partial charge is 0.481 e. The molecule has 4 heteroatoms. The van der Waals surface area contributed by atoms with Crippen LogP contribution in [-0.2, 0) is 14.5 Å². The van der Waals surface area contributed by atoms with Crippen molar-refractivity contribution in [1.29, 1.82) is 0 Å². The minimum atomic E-state index is -3.15. The maximum absolute atomic E-state index is 15.1. The number of carboxylic acids is 1. The van der Waals surface area contributed by atoms with Gasteiger partial charge < -0.3 is 9.67 Å². The molecular formula is C24H23O3P. The monoisotopic (exact) mass is 390 g/mol. The molecule has 0 spiro atoms. The van der Waals surface area contributed by atoms with Gasteiger partial charge in [-0.3, -0.25) is 4.79 Å². The molecule has 0 amide bonds. The first kappa shape index (κ1) is 18.7. The van der Waals surface area contributed by atoms with E-state index in [1.807, 2.05) is 91.0 Å². The molecule has 1 heterocycles. The average Bonchev–Trinajstić information content (AvgIpc) is 3.04. The highest BCUT2D eigenvalue weighted by Crippen LogP contribution is 2.79. The Morgan fingerprint density at radius 2 is 1.43 bits per heavy atom. The van der Waals surface area contributed by atoms with E-state index in [0.717, 1.165) is 16.4 Å². The van der Waals surface area contributed by atoms with Gasteiger partial charge in [0, 0.05) is 11.0 Å². The molecule has 1 saturated heterocycles. The summed E-state index contributed by atoms with van der Waals surface area (Å²) in [6.45, 7) is 0. The van der Waals surface area contributed by atoms with Crippen molar-refractivity contribution in [3.8, 4) is 0 Å². The van der Waals surface area contributed by atoms with Crippen LogP contribution in [0.3, 0.4) is 0 Å². The smallest absolute Gasteiger partial charge is 0.304 e. The molecule has 1 fully saturated rings. The normalized spacial score (nSPS) is 26.8. The van der Waals surface area contributed by atoms with Crippen LogP contribution in [0, 0.1) is 0 Å². The van der Waals surface area contributed by atoms with Gasteiger partial charge in [-0.15, -0.1) is 0 Å². The summed E-state index contributed by atoms with van der Waals surface area (Å²) in [6.07, 6.45) is 1.17. The molecule has 1 aliphatic heterocycles. The fourth-order valence-electron chi connectivity index (χ4n) is 4.79. The van der Waals surface area contributed by atoms with Crippen LogP contribution in [0.5, 0.6) is 0 Å². The second-order valence-corrected chi connectivity index (χ2v) is 10.7. The summed E-state index contributed by atoms with van der Waals surface area (Å²) < 4.78 is 15.1. The second-order valence-electron chi connectivity index (χ2n) is 7.43. The number of aliphatic carboxylic acids is 1. The van der Waals surface area contributed by atoms with Gasteiger partial charge in [0.25, 0.3) is 0 Å². The maximum atomic E-state index is 15.1. The third-order valence-electron chi connectivity index (χ3n) is 5.99. The Labute approximate surface area is 165 Å². The van der Waals surface area contributed by atoms with E-state index in [2.05, 4.69) is 0 Å². The van der Waals surface area contributed by atoms with Crippen molar-refractivity contribution in [2.45, 2.75) is 30.1 Å². The van der Waals surface area contributed by atoms with E-state index in [1.54, 1.807) is 0 Å². The van der Waals surface area contributed by atoms with Gasteiger partial charge in [0.15, 0.2) is 0 Å². The minimum Gasteiger partial charge on any atom is -0.481 e. The predicted molar refractivity (Wildman–Crippen MR) is 112 cm³/mol. The van der Waals surface area contributed by atoms with E-state index in [4.69, 9.17) is 0 Å². The van der Waals surface area contributed by atoms with Gasteiger partial charge in [0.05, 0.1) is 11.6 Å². The highest BCUT2D eigenvalue weighted by molar-refractivity contribution is 7.73. The minimum absolute atomic E-state index is 0.132. The maximum Gasteiger partial charge on any atom is 0.304 e. The van der Waals surface area contributed by atoms with Gasteiger partial charge in [0.1, 0.15) is 7.14 Å². The molecule has 0 saturated carbocycles. The lowest BCUT2D eigenvalue weighted by molar-refractivity contribution is -0.137. The Kier molecular flexibility index (Phi) is 4.95. The Morgan fingerprint density at radius 1 is 0.893 bits per heavy atom. The molecule has 28 heavy (non-hydrogen) atoms. The average molecular weight is 390 g/mol. The standard InChI is InChI=1S/C24H23O3P/c25-23(26)18-24(20-12-6-2-7-13-20)17-16-22(19-10-4-1-5-11-19)28(24,27)21-14-8-3-9-15-21/h1-15,22H,16-18H2,(H,25,26)/t22-,24-,28-/m0/s1. The summed E-state index contributed by atoms with van der Waals surface area (Å²) in [4.78, 5) is 12.0. The second kappa shape index (κ2) is 7.41. The molecule has 3 nitrogen and oxygen atoms in total. The Bertz CT molecular complexity index is 1000. The molecule has 3 aromatic rings. The lowest BCUT2D eigenvalue weighted by Gasteiger charge is -2.38. The van der Waals surface area contributed by atoms with E-state index in [-0.39, 0.29) is 12.1 Å². The number of hydrogen-bond donors (Lipinski definition) is 1. The molecule has 4 rings (SSSR count). The van der Waals surface area contributed by atoms with Crippen LogP contribution in [0.1, 0.15) is 36.0 Å². The zero-order chi connectivity index (χ0) is 19.6. The fourth-order valence-corrected chi connectivity index (χ4v) is 9.31. The van der Waals surface area contributed by atoms with Crippen LogP contribution in [0.15, 0.2) is 91.0 Å². The van der Waals surface area contributed by atoms with Crippen molar-refractivity contribution in [1.82, 2.24) is 0 Å². The zero-order valence-electron chi connectivity index (χ0n) is 15.6. The molecule has 1 N–H and O–H groups in total. The van der Waals surface area contributed by atoms with E-state index in [0.29, 0.717) is 12.8 Å². The van der Waals surface area contributed by atoms with Gasteiger partial charge in [-0.05, 0) is 24.0 Å². The molecule has 0 radical (unpaired) electrons. The van der Waals surface area contributed by atoms with Crippen molar-refractivity contribution in [3.63, 3.8) is 0 Å². The van der Waals surface area contributed by atoms with Crippen molar-refractivity contribution in [3.05, 3.63) is 102 Å². The van der Waals surface area contributed by atoms with Gasteiger partial charge in [-0.25, -0.2) is 0 Å². The zero-order valence-corrected chi connectivity index (χ0v) is 16.5. The Balaban J connectivity index is 2.00. The van der Waals surface area contributed by atoms with Gasteiger partial charge in [0.2, 0.25) is 0 Å². The number of carboxylic acid groups (broad SMARTS) is 1. The number of hydrogen-bond acceptors (Lipinski definition) is 2. The van der Waals surface area contributed by atoms with Crippen LogP contribution in [0.25, 0.3) is 0 Å². The highest BCUT2D eigenvalue weighted by Gasteiger charge is 2.60. The SMILES string of the molecule is O=C(O)C[C@]1(c2ccccc2)CC[C@@H](c2ccccc2)[P@@]1(=O)c1ccccc1. The third kappa shape index (κ3) is 2.91. The first-order valence-electron chi connectivity index (χ1n) is 9.56. The predicted octanol–water partition coefficient (Wildman–Crippen LogP) is 5.58. The fraction of sp³-hybridized carbons (Fsp3) is 0.208. The molecule has 0 aromatic heterocycles. The molecule has 3 aromatic carbocycles. The summed E-state index contributed by atoms with van der Waals surface area (Å²) in [5.41, 5.74) is 1.71.